The van der Waals surface area contributed by atoms with Crippen LogP contribution in [0.25, 0.3) is 6.08 Å². The molecule has 0 spiro atoms. The number of ether oxygens (including phenoxy) is 1. The Morgan fingerprint density at radius 2 is 1.68 bits per heavy atom. The summed E-state index contributed by atoms with van der Waals surface area (Å²) in [7, 11) is 0. The van der Waals surface area contributed by atoms with Crippen molar-refractivity contribution >= 4 is 29.4 Å². The minimum atomic E-state index is -1.05. The monoisotopic (exact) mass is 316 g/mol. The van der Waals surface area contributed by atoms with Crippen LogP contribution in [0.1, 0.15) is 15.9 Å². The van der Waals surface area contributed by atoms with E-state index in [1.54, 1.807) is 42.5 Å². The summed E-state index contributed by atoms with van der Waals surface area (Å²) >= 11 is 5.79. The van der Waals surface area contributed by atoms with E-state index in [0.29, 0.717) is 16.3 Å². The second-order valence-corrected chi connectivity index (χ2v) is 4.89. The lowest BCUT2D eigenvalue weighted by molar-refractivity contribution is -0.139. The molecule has 2 rings (SSSR count). The van der Waals surface area contributed by atoms with Crippen LogP contribution in [0.3, 0.4) is 0 Å². The molecule has 0 aliphatic carbocycles. The summed E-state index contributed by atoms with van der Waals surface area (Å²) in [6.07, 6.45) is 3.17. The molecule has 0 saturated carbocycles. The Hall–Kier alpha value is -2.59. The van der Waals surface area contributed by atoms with Gasteiger partial charge in [-0.3, -0.25) is 4.79 Å². The molecule has 22 heavy (non-hydrogen) atoms. The van der Waals surface area contributed by atoms with Gasteiger partial charge in [0.05, 0.1) is 0 Å². The maximum atomic E-state index is 12.0. The zero-order valence-corrected chi connectivity index (χ0v) is 12.3. The van der Waals surface area contributed by atoms with Gasteiger partial charge in [0.25, 0.3) is 0 Å². The summed E-state index contributed by atoms with van der Waals surface area (Å²) in [6.45, 7) is -0.413. The van der Waals surface area contributed by atoms with Crippen LogP contribution in [0.4, 0.5) is 0 Å². The van der Waals surface area contributed by atoms with Crippen LogP contribution in [0.15, 0.2) is 54.6 Å². The van der Waals surface area contributed by atoms with Crippen LogP contribution in [-0.4, -0.2) is 23.5 Å². The van der Waals surface area contributed by atoms with Crippen LogP contribution in [-0.2, 0) is 4.79 Å². The average Bonchev–Trinajstić information content (AvgIpc) is 2.52. The smallest absolute Gasteiger partial charge is 0.341 e. The molecule has 0 bridgehead atoms. The largest absolute Gasteiger partial charge is 0.482 e. The average molecular weight is 317 g/mol. The summed E-state index contributed by atoms with van der Waals surface area (Å²) in [5, 5.41) is 9.16. The molecule has 2 aromatic rings. The lowest BCUT2D eigenvalue weighted by atomic mass is 10.1. The molecule has 0 amide bonds. The van der Waals surface area contributed by atoms with Gasteiger partial charge in [-0.05, 0) is 48.0 Å². The van der Waals surface area contributed by atoms with E-state index in [0.717, 1.165) is 5.56 Å². The van der Waals surface area contributed by atoms with Crippen molar-refractivity contribution in [2.75, 3.05) is 6.61 Å². The number of rotatable bonds is 6. The van der Waals surface area contributed by atoms with Gasteiger partial charge in [-0.25, -0.2) is 4.79 Å². The number of benzene rings is 2. The zero-order chi connectivity index (χ0) is 15.9. The van der Waals surface area contributed by atoms with Crippen molar-refractivity contribution in [2.24, 2.45) is 0 Å². The molecule has 112 valence electrons. The number of hydrogen-bond acceptors (Lipinski definition) is 3. The summed E-state index contributed by atoms with van der Waals surface area (Å²) in [4.78, 5) is 22.4. The predicted octanol–water partition coefficient (Wildman–Crippen LogP) is 3.70. The van der Waals surface area contributed by atoms with E-state index in [2.05, 4.69) is 0 Å². The first kappa shape index (κ1) is 15.8. The van der Waals surface area contributed by atoms with E-state index >= 15 is 0 Å². The van der Waals surface area contributed by atoms with E-state index in [9.17, 15) is 9.59 Å². The summed E-state index contributed by atoms with van der Waals surface area (Å²) in [5.74, 6) is -0.800. The lowest BCUT2D eigenvalue weighted by Gasteiger charge is -2.03. The fourth-order valence-corrected chi connectivity index (χ4v) is 1.83. The van der Waals surface area contributed by atoms with Crippen LogP contribution >= 0.6 is 11.6 Å². The van der Waals surface area contributed by atoms with Gasteiger partial charge in [0.15, 0.2) is 12.4 Å². The van der Waals surface area contributed by atoms with Crippen molar-refractivity contribution in [2.45, 2.75) is 0 Å². The Labute approximate surface area is 132 Å². The minimum Gasteiger partial charge on any atom is -0.482 e. The number of ketones is 1. The number of aliphatic carboxylic acids is 1. The number of carbonyl (C=O) groups excluding carboxylic acids is 1. The first-order valence-corrected chi connectivity index (χ1v) is 6.85. The molecule has 0 fully saturated rings. The molecule has 0 heterocycles. The molecule has 4 nitrogen and oxygen atoms in total. The highest BCUT2D eigenvalue weighted by Gasteiger charge is 2.03. The molecule has 2 aromatic carbocycles. The molecular weight excluding hydrogens is 304 g/mol. The second kappa shape index (κ2) is 7.43. The molecule has 1 N–H and O–H groups in total. The second-order valence-electron chi connectivity index (χ2n) is 4.46. The highest BCUT2D eigenvalue weighted by molar-refractivity contribution is 6.30. The quantitative estimate of drug-likeness (QED) is 0.652. The standard InChI is InChI=1S/C17H13ClO4/c18-14-6-1-12(2-7-14)3-10-16(19)13-4-8-15(9-5-13)22-11-17(20)21/h1-10H,11H2,(H,20,21)/b10-3-. The molecule has 5 heteroatoms. The van der Waals surface area contributed by atoms with Gasteiger partial charge in [-0.15, -0.1) is 0 Å². The Kier molecular flexibility index (Phi) is 5.33. The Bertz CT molecular complexity index is 688. The van der Waals surface area contributed by atoms with Gasteiger partial charge < -0.3 is 9.84 Å². The molecule has 0 aliphatic heterocycles. The van der Waals surface area contributed by atoms with E-state index in [1.165, 1.54) is 6.08 Å². The normalized spacial score (nSPS) is 10.6. The van der Waals surface area contributed by atoms with Gasteiger partial charge in [-0.2, -0.15) is 0 Å². The number of hydrogen-bond donors (Lipinski definition) is 1. The number of carboxylic acids is 1. The van der Waals surface area contributed by atoms with E-state index in [1.807, 2.05) is 12.1 Å². The molecule has 0 saturated heterocycles. The molecule has 0 aliphatic rings. The third-order valence-electron chi connectivity index (χ3n) is 2.80. The Morgan fingerprint density at radius 1 is 1.05 bits per heavy atom. The fourth-order valence-electron chi connectivity index (χ4n) is 1.70. The first-order chi connectivity index (χ1) is 10.5. The van der Waals surface area contributed by atoms with Crippen molar-refractivity contribution < 1.29 is 19.4 Å². The molecular formula is C17H13ClO4. The van der Waals surface area contributed by atoms with Gasteiger partial charge in [0.1, 0.15) is 5.75 Å². The maximum Gasteiger partial charge on any atom is 0.341 e. The third kappa shape index (κ3) is 4.75. The van der Waals surface area contributed by atoms with Crippen LogP contribution in [0.2, 0.25) is 5.02 Å². The topological polar surface area (TPSA) is 63.6 Å². The number of carbonyl (C=O) groups is 2. The molecule has 0 unspecified atom stereocenters. The van der Waals surface area contributed by atoms with E-state index in [-0.39, 0.29) is 5.78 Å². The highest BCUT2D eigenvalue weighted by atomic mass is 35.5. The lowest BCUT2D eigenvalue weighted by Crippen LogP contribution is -2.09. The molecule has 0 atom stereocenters. The van der Waals surface area contributed by atoms with Gasteiger partial charge in [0, 0.05) is 10.6 Å². The first-order valence-electron chi connectivity index (χ1n) is 6.47. The Balaban J connectivity index is 2.00. The molecule has 0 aromatic heterocycles. The number of carboxylic acid groups (broad SMARTS) is 1. The van der Waals surface area contributed by atoms with Crippen molar-refractivity contribution in [1.82, 2.24) is 0 Å². The SMILES string of the molecule is O=C(O)COc1ccc(C(=O)/C=C\c2ccc(Cl)cc2)cc1. The van der Waals surface area contributed by atoms with Crippen molar-refractivity contribution in [3.05, 3.63) is 70.8 Å². The van der Waals surface area contributed by atoms with Gasteiger partial charge in [0.2, 0.25) is 0 Å². The molecule has 0 radical (unpaired) electrons. The van der Waals surface area contributed by atoms with Crippen LogP contribution < -0.4 is 4.74 Å². The number of halogens is 1. The minimum absolute atomic E-state index is 0.153. The van der Waals surface area contributed by atoms with E-state index in [4.69, 9.17) is 21.4 Å². The summed E-state index contributed by atoms with van der Waals surface area (Å²) < 4.78 is 5.00. The summed E-state index contributed by atoms with van der Waals surface area (Å²) in [6, 6.07) is 13.4. The van der Waals surface area contributed by atoms with E-state index < -0.39 is 12.6 Å². The van der Waals surface area contributed by atoms with Gasteiger partial charge in [-0.1, -0.05) is 29.8 Å². The fraction of sp³-hybridized carbons (Fsp3) is 0.0588. The van der Waals surface area contributed by atoms with Crippen LogP contribution in [0.5, 0.6) is 5.75 Å². The summed E-state index contributed by atoms with van der Waals surface area (Å²) in [5.41, 5.74) is 1.37. The van der Waals surface area contributed by atoms with Gasteiger partial charge >= 0.3 is 5.97 Å². The predicted molar refractivity (Wildman–Crippen MR) is 84.4 cm³/mol. The van der Waals surface area contributed by atoms with Crippen molar-refractivity contribution in [1.29, 1.82) is 0 Å². The Morgan fingerprint density at radius 3 is 2.27 bits per heavy atom. The maximum absolute atomic E-state index is 12.0. The highest BCUT2D eigenvalue weighted by Crippen LogP contribution is 2.14. The van der Waals surface area contributed by atoms with Crippen molar-refractivity contribution in [3.8, 4) is 5.75 Å². The van der Waals surface area contributed by atoms with Crippen LogP contribution in [0, 0.1) is 0 Å². The zero-order valence-electron chi connectivity index (χ0n) is 11.5. The number of allylic oxidation sites excluding steroid dienone is 1. The van der Waals surface area contributed by atoms with Crippen molar-refractivity contribution in [3.63, 3.8) is 0 Å². The third-order valence-corrected chi connectivity index (χ3v) is 3.05.